The average Bonchev–Trinajstić information content (AvgIpc) is 2.63. The lowest BCUT2D eigenvalue weighted by Crippen LogP contribution is -2.40. The second-order valence-electron chi connectivity index (χ2n) is 3.58. The predicted octanol–water partition coefficient (Wildman–Crippen LogP) is 0.238. The minimum Gasteiger partial charge on any atom is -0.354 e. The fourth-order valence-electron chi connectivity index (χ4n) is 1.25. The molecule has 0 aliphatic heterocycles. The van der Waals surface area contributed by atoms with Gasteiger partial charge in [0.2, 0.25) is 5.91 Å². The third-order valence-corrected chi connectivity index (χ3v) is 2.25. The first-order valence-electron chi connectivity index (χ1n) is 5.14. The summed E-state index contributed by atoms with van der Waals surface area (Å²) in [5.74, 6) is -0.0820. The van der Waals surface area contributed by atoms with Crippen LogP contribution >= 0.6 is 12.4 Å². The van der Waals surface area contributed by atoms with Gasteiger partial charge in [0.25, 0.3) is 0 Å². The molecular formula is C10H19ClN4O. The number of carbonyl (C=O) groups excluding carboxylic acids is 1. The molecule has 1 atom stereocenters. The monoisotopic (exact) mass is 246 g/mol. The Morgan fingerprint density at radius 1 is 1.69 bits per heavy atom. The van der Waals surface area contributed by atoms with Crippen molar-refractivity contribution in [1.29, 1.82) is 0 Å². The third kappa shape index (κ3) is 4.63. The van der Waals surface area contributed by atoms with Crippen LogP contribution in [0.15, 0.2) is 12.4 Å². The molecule has 0 unspecified atom stereocenters. The first-order chi connectivity index (χ1) is 7.13. The summed E-state index contributed by atoms with van der Waals surface area (Å²) < 4.78 is 1.74. The molecule has 0 fully saturated rings. The Morgan fingerprint density at radius 2 is 2.38 bits per heavy atom. The summed E-state index contributed by atoms with van der Waals surface area (Å²) in [6.45, 7) is 2.50. The van der Waals surface area contributed by atoms with Crippen LogP contribution in [0.2, 0.25) is 0 Å². The lowest BCUT2D eigenvalue weighted by Gasteiger charge is -2.08. The Bertz CT molecular complexity index is 326. The normalized spacial score (nSPS) is 11.7. The molecule has 1 rings (SSSR count). The van der Waals surface area contributed by atoms with E-state index in [2.05, 4.69) is 10.4 Å². The Balaban J connectivity index is 0.00000225. The fourth-order valence-corrected chi connectivity index (χ4v) is 1.25. The van der Waals surface area contributed by atoms with E-state index < -0.39 is 0 Å². The fraction of sp³-hybridized carbons (Fsp3) is 0.600. The molecule has 0 saturated heterocycles. The van der Waals surface area contributed by atoms with Crippen molar-refractivity contribution >= 4 is 18.3 Å². The number of nitrogens with zero attached hydrogens (tertiary/aromatic N) is 2. The number of carbonyl (C=O) groups is 1. The van der Waals surface area contributed by atoms with Gasteiger partial charge in [-0.1, -0.05) is 6.92 Å². The van der Waals surface area contributed by atoms with Crippen molar-refractivity contribution in [3.8, 4) is 0 Å². The van der Waals surface area contributed by atoms with Crippen molar-refractivity contribution in [2.75, 3.05) is 6.54 Å². The maximum Gasteiger partial charge on any atom is 0.236 e. The zero-order valence-corrected chi connectivity index (χ0v) is 10.5. The number of nitrogens with two attached hydrogens (primary N) is 1. The van der Waals surface area contributed by atoms with E-state index >= 15 is 0 Å². The summed E-state index contributed by atoms with van der Waals surface area (Å²) in [5, 5.41) is 6.84. The largest absolute Gasteiger partial charge is 0.354 e. The number of halogens is 1. The van der Waals surface area contributed by atoms with Gasteiger partial charge < -0.3 is 11.1 Å². The molecule has 0 bridgehead atoms. The third-order valence-electron chi connectivity index (χ3n) is 2.25. The first kappa shape index (κ1) is 14.9. The van der Waals surface area contributed by atoms with E-state index in [1.54, 1.807) is 10.9 Å². The van der Waals surface area contributed by atoms with Crippen LogP contribution in [0.25, 0.3) is 0 Å². The van der Waals surface area contributed by atoms with Gasteiger partial charge in [-0.3, -0.25) is 9.48 Å². The molecule has 0 aromatic carbocycles. The van der Waals surface area contributed by atoms with Crippen molar-refractivity contribution in [3.05, 3.63) is 18.0 Å². The highest BCUT2D eigenvalue weighted by Gasteiger charge is 2.09. The number of aryl methyl sites for hydroxylation is 1. The summed E-state index contributed by atoms with van der Waals surface area (Å²) in [5.41, 5.74) is 6.69. The number of nitrogens with one attached hydrogen (secondary N) is 1. The van der Waals surface area contributed by atoms with E-state index in [9.17, 15) is 4.79 Å². The van der Waals surface area contributed by atoms with E-state index in [0.717, 1.165) is 12.0 Å². The summed E-state index contributed by atoms with van der Waals surface area (Å²) in [7, 11) is 1.87. The van der Waals surface area contributed by atoms with Crippen LogP contribution in [-0.2, 0) is 18.3 Å². The molecule has 1 aromatic heterocycles. The second kappa shape index (κ2) is 7.24. The molecule has 0 aliphatic carbocycles. The Morgan fingerprint density at radius 3 is 2.88 bits per heavy atom. The quantitative estimate of drug-likeness (QED) is 0.782. The second-order valence-corrected chi connectivity index (χ2v) is 3.58. The van der Waals surface area contributed by atoms with E-state index in [0.29, 0.717) is 13.0 Å². The molecule has 1 amide bonds. The van der Waals surface area contributed by atoms with Crippen LogP contribution in [0.1, 0.15) is 18.9 Å². The Hall–Kier alpha value is -1.07. The number of hydrogen-bond acceptors (Lipinski definition) is 3. The van der Waals surface area contributed by atoms with Crippen molar-refractivity contribution in [2.24, 2.45) is 12.8 Å². The molecular weight excluding hydrogens is 228 g/mol. The topological polar surface area (TPSA) is 72.9 Å². The van der Waals surface area contributed by atoms with E-state index in [1.807, 2.05) is 20.2 Å². The summed E-state index contributed by atoms with van der Waals surface area (Å²) in [6, 6.07) is -0.390. The predicted molar refractivity (Wildman–Crippen MR) is 65.4 cm³/mol. The van der Waals surface area contributed by atoms with Crippen molar-refractivity contribution < 1.29 is 4.79 Å². The average molecular weight is 247 g/mol. The highest BCUT2D eigenvalue weighted by Crippen LogP contribution is 1.96. The van der Waals surface area contributed by atoms with Crippen LogP contribution in [-0.4, -0.2) is 28.3 Å². The minimum absolute atomic E-state index is 0. The lowest BCUT2D eigenvalue weighted by atomic mass is 10.2. The van der Waals surface area contributed by atoms with Gasteiger partial charge in [0.05, 0.1) is 12.2 Å². The van der Waals surface area contributed by atoms with Crippen LogP contribution in [0.3, 0.4) is 0 Å². The number of aromatic nitrogens is 2. The van der Waals surface area contributed by atoms with Crippen molar-refractivity contribution in [1.82, 2.24) is 15.1 Å². The minimum atomic E-state index is -0.390. The van der Waals surface area contributed by atoms with E-state index in [1.165, 1.54) is 0 Å². The van der Waals surface area contributed by atoms with Crippen LogP contribution in [0, 0.1) is 0 Å². The van der Waals surface area contributed by atoms with Gasteiger partial charge in [0.1, 0.15) is 0 Å². The molecule has 0 spiro atoms. The molecule has 92 valence electrons. The molecule has 0 saturated carbocycles. The van der Waals surface area contributed by atoms with Gasteiger partial charge in [-0.15, -0.1) is 12.4 Å². The maximum atomic E-state index is 11.3. The van der Waals surface area contributed by atoms with Gasteiger partial charge in [-0.05, 0) is 18.4 Å². The highest BCUT2D eigenvalue weighted by molar-refractivity contribution is 5.85. The van der Waals surface area contributed by atoms with Gasteiger partial charge in [0.15, 0.2) is 0 Å². The SMILES string of the molecule is CC[C@H](N)C(=O)NCCc1cnn(C)c1.Cl. The molecule has 5 nitrogen and oxygen atoms in total. The molecule has 16 heavy (non-hydrogen) atoms. The first-order valence-corrected chi connectivity index (χ1v) is 5.14. The molecule has 0 radical (unpaired) electrons. The Labute approximate surface area is 102 Å². The standard InChI is InChI=1S/C10H18N4O.ClH/c1-3-9(11)10(15)12-5-4-8-6-13-14(2)7-8;/h6-7,9H,3-5,11H2,1-2H3,(H,12,15);1H/t9-;/m0./s1. The zero-order chi connectivity index (χ0) is 11.3. The van der Waals surface area contributed by atoms with Gasteiger partial charge >= 0.3 is 0 Å². The van der Waals surface area contributed by atoms with Crippen molar-refractivity contribution in [2.45, 2.75) is 25.8 Å². The number of hydrogen-bond donors (Lipinski definition) is 2. The van der Waals surface area contributed by atoms with Gasteiger partial charge in [-0.2, -0.15) is 5.10 Å². The molecule has 0 aliphatic rings. The molecule has 3 N–H and O–H groups in total. The highest BCUT2D eigenvalue weighted by atomic mass is 35.5. The summed E-state index contributed by atoms with van der Waals surface area (Å²) in [6.07, 6.45) is 5.19. The Kier molecular flexibility index (Phi) is 6.76. The van der Waals surface area contributed by atoms with Crippen molar-refractivity contribution in [3.63, 3.8) is 0 Å². The lowest BCUT2D eigenvalue weighted by molar-refractivity contribution is -0.122. The smallest absolute Gasteiger partial charge is 0.236 e. The molecule has 1 heterocycles. The molecule has 6 heteroatoms. The maximum absolute atomic E-state index is 11.3. The zero-order valence-electron chi connectivity index (χ0n) is 9.64. The number of rotatable bonds is 5. The van der Waals surface area contributed by atoms with Crippen LogP contribution in [0.4, 0.5) is 0 Å². The number of amides is 1. The summed E-state index contributed by atoms with van der Waals surface area (Å²) >= 11 is 0. The van der Waals surface area contributed by atoms with Crippen LogP contribution < -0.4 is 11.1 Å². The van der Waals surface area contributed by atoms with Gasteiger partial charge in [-0.25, -0.2) is 0 Å². The van der Waals surface area contributed by atoms with E-state index in [-0.39, 0.29) is 24.4 Å². The summed E-state index contributed by atoms with van der Waals surface area (Å²) in [4.78, 5) is 11.3. The van der Waals surface area contributed by atoms with E-state index in [4.69, 9.17) is 5.73 Å². The molecule has 1 aromatic rings. The van der Waals surface area contributed by atoms with Gasteiger partial charge in [0, 0.05) is 19.8 Å². The van der Waals surface area contributed by atoms with Crippen LogP contribution in [0.5, 0.6) is 0 Å².